The first-order valence-electron chi connectivity index (χ1n) is 6.17. The van der Waals surface area contributed by atoms with Gasteiger partial charge in [-0.05, 0) is 58.5 Å². The van der Waals surface area contributed by atoms with Gasteiger partial charge < -0.3 is 10.4 Å². The normalized spacial score (nSPS) is 10.9. The van der Waals surface area contributed by atoms with Crippen molar-refractivity contribution in [2.45, 2.75) is 0 Å². The van der Waals surface area contributed by atoms with Crippen LogP contribution in [0.4, 0.5) is 10.1 Å². The number of amides is 1. The summed E-state index contributed by atoms with van der Waals surface area (Å²) in [6.45, 7) is 0. The van der Waals surface area contributed by atoms with Crippen LogP contribution in [-0.2, 0) is 4.79 Å². The van der Waals surface area contributed by atoms with Crippen LogP contribution < -0.4 is 5.32 Å². The first-order valence-corrected chi connectivity index (χ1v) is 7.25. The molecule has 0 spiro atoms. The fourth-order valence-corrected chi connectivity index (χ4v) is 2.22. The Hall–Kier alpha value is -2.40. The highest BCUT2D eigenvalue weighted by Crippen LogP contribution is 2.22. The van der Waals surface area contributed by atoms with Gasteiger partial charge in [0.05, 0.1) is 9.26 Å². The minimum absolute atomic E-state index is 0.00827. The first kappa shape index (κ1) is 16.0. The summed E-state index contributed by atoms with van der Waals surface area (Å²) in [7, 11) is 0. The van der Waals surface area contributed by atoms with Crippen LogP contribution in [0.25, 0.3) is 6.08 Å². The molecular weight excluding hydrogens is 398 g/mol. The van der Waals surface area contributed by atoms with Gasteiger partial charge in [-0.3, -0.25) is 4.79 Å². The Morgan fingerprint density at radius 1 is 1.32 bits per heavy atom. The van der Waals surface area contributed by atoms with Gasteiger partial charge in [0.2, 0.25) is 0 Å². The fourth-order valence-electron chi connectivity index (χ4n) is 1.68. The second kappa shape index (κ2) is 7.04. The number of phenolic OH excluding ortho intramolecular Hbond substituents is 1. The number of nitriles is 1. The molecule has 2 N–H and O–H groups in total. The summed E-state index contributed by atoms with van der Waals surface area (Å²) in [5, 5.41) is 20.9. The van der Waals surface area contributed by atoms with E-state index in [4.69, 9.17) is 5.26 Å². The third-order valence-corrected chi connectivity index (χ3v) is 3.63. The zero-order chi connectivity index (χ0) is 16.1. The number of para-hydroxylation sites is 1. The highest BCUT2D eigenvalue weighted by molar-refractivity contribution is 14.1. The van der Waals surface area contributed by atoms with Crippen LogP contribution in [0, 0.1) is 20.7 Å². The second-order valence-electron chi connectivity index (χ2n) is 4.31. The van der Waals surface area contributed by atoms with Crippen LogP contribution in [0.1, 0.15) is 5.56 Å². The standard InChI is InChI=1S/C16H10FIN2O2/c17-12-3-1-2-4-14(12)20-16(22)11(9-19)7-10-5-6-15(21)13(18)8-10/h1-8,21H,(H,20,22)/b11-7-. The smallest absolute Gasteiger partial charge is 0.266 e. The van der Waals surface area contributed by atoms with E-state index in [1.807, 2.05) is 22.6 Å². The predicted molar refractivity (Wildman–Crippen MR) is 89.4 cm³/mol. The molecule has 1 amide bonds. The highest BCUT2D eigenvalue weighted by Gasteiger charge is 2.12. The van der Waals surface area contributed by atoms with Crippen molar-refractivity contribution < 1.29 is 14.3 Å². The van der Waals surface area contributed by atoms with E-state index < -0.39 is 11.7 Å². The lowest BCUT2D eigenvalue weighted by Gasteiger charge is -2.05. The van der Waals surface area contributed by atoms with E-state index in [2.05, 4.69) is 5.32 Å². The largest absolute Gasteiger partial charge is 0.507 e. The number of benzene rings is 2. The van der Waals surface area contributed by atoms with E-state index in [1.54, 1.807) is 24.3 Å². The Morgan fingerprint density at radius 3 is 2.68 bits per heavy atom. The van der Waals surface area contributed by atoms with E-state index in [-0.39, 0.29) is 17.0 Å². The van der Waals surface area contributed by atoms with Crippen LogP contribution in [-0.4, -0.2) is 11.0 Å². The molecule has 6 heteroatoms. The molecule has 0 bridgehead atoms. The Balaban J connectivity index is 2.26. The molecule has 4 nitrogen and oxygen atoms in total. The maximum absolute atomic E-state index is 13.5. The number of nitrogens with one attached hydrogen (secondary N) is 1. The Bertz CT molecular complexity index is 797. The molecule has 22 heavy (non-hydrogen) atoms. The van der Waals surface area contributed by atoms with E-state index >= 15 is 0 Å². The Labute approximate surface area is 140 Å². The summed E-state index contributed by atoms with van der Waals surface area (Å²) in [4.78, 5) is 12.0. The lowest BCUT2D eigenvalue weighted by molar-refractivity contribution is -0.112. The van der Waals surface area contributed by atoms with Crippen molar-refractivity contribution in [2.24, 2.45) is 0 Å². The van der Waals surface area contributed by atoms with Gasteiger partial charge >= 0.3 is 0 Å². The molecule has 0 radical (unpaired) electrons. The highest BCUT2D eigenvalue weighted by atomic mass is 127. The van der Waals surface area contributed by atoms with Crippen molar-refractivity contribution in [3.8, 4) is 11.8 Å². The van der Waals surface area contributed by atoms with Gasteiger partial charge in [-0.2, -0.15) is 5.26 Å². The minimum Gasteiger partial charge on any atom is -0.507 e. The third-order valence-electron chi connectivity index (χ3n) is 2.77. The molecule has 0 saturated heterocycles. The van der Waals surface area contributed by atoms with E-state index in [0.29, 0.717) is 9.13 Å². The van der Waals surface area contributed by atoms with Gasteiger partial charge in [-0.1, -0.05) is 18.2 Å². The van der Waals surface area contributed by atoms with Crippen LogP contribution in [0.5, 0.6) is 5.75 Å². The summed E-state index contributed by atoms with van der Waals surface area (Å²) in [6.07, 6.45) is 1.37. The molecule has 110 valence electrons. The average Bonchev–Trinajstić information content (AvgIpc) is 2.50. The van der Waals surface area contributed by atoms with Crippen LogP contribution in [0.2, 0.25) is 0 Å². The van der Waals surface area contributed by atoms with Gasteiger partial charge in [0.25, 0.3) is 5.91 Å². The number of hydrogen-bond acceptors (Lipinski definition) is 3. The maximum atomic E-state index is 13.5. The van der Waals surface area contributed by atoms with Crippen LogP contribution >= 0.6 is 22.6 Å². The quantitative estimate of drug-likeness (QED) is 0.463. The van der Waals surface area contributed by atoms with Crippen molar-refractivity contribution >= 4 is 40.3 Å². The lowest BCUT2D eigenvalue weighted by atomic mass is 10.1. The molecule has 0 aliphatic heterocycles. The van der Waals surface area contributed by atoms with Crippen molar-refractivity contribution in [2.75, 3.05) is 5.32 Å². The Morgan fingerprint density at radius 2 is 2.05 bits per heavy atom. The molecule has 0 aliphatic carbocycles. The molecule has 2 rings (SSSR count). The lowest BCUT2D eigenvalue weighted by Crippen LogP contribution is -2.14. The maximum Gasteiger partial charge on any atom is 0.266 e. The van der Waals surface area contributed by atoms with Crippen molar-refractivity contribution in [3.05, 3.63) is 63.0 Å². The molecule has 2 aromatic rings. The number of phenols is 1. The molecular formula is C16H10FIN2O2. The molecule has 0 aromatic heterocycles. The number of carbonyl (C=O) groups excluding carboxylic acids is 1. The zero-order valence-corrected chi connectivity index (χ0v) is 13.3. The number of rotatable bonds is 3. The molecule has 2 aromatic carbocycles. The van der Waals surface area contributed by atoms with Crippen LogP contribution in [0.15, 0.2) is 48.0 Å². The molecule has 0 aliphatic rings. The number of carbonyl (C=O) groups is 1. The van der Waals surface area contributed by atoms with Gasteiger partial charge in [0.1, 0.15) is 23.2 Å². The Kier molecular flexibility index (Phi) is 5.12. The molecule has 0 fully saturated rings. The van der Waals surface area contributed by atoms with Crippen molar-refractivity contribution in [1.29, 1.82) is 5.26 Å². The van der Waals surface area contributed by atoms with Crippen molar-refractivity contribution in [3.63, 3.8) is 0 Å². The van der Waals surface area contributed by atoms with Gasteiger partial charge in [0, 0.05) is 0 Å². The van der Waals surface area contributed by atoms with E-state index in [9.17, 15) is 14.3 Å². The summed E-state index contributed by atoms with van der Waals surface area (Å²) in [5.41, 5.74) is 0.432. The zero-order valence-electron chi connectivity index (χ0n) is 11.2. The average molecular weight is 408 g/mol. The topological polar surface area (TPSA) is 73.1 Å². The molecule has 0 unspecified atom stereocenters. The number of halogens is 2. The van der Waals surface area contributed by atoms with Gasteiger partial charge in [-0.15, -0.1) is 0 Å². The second-order valence-corrected chi connectivity index (χ2v) is 5.48. The third kappa shape index (κ3) is 3.83. The number of aromatic hydroxyl groups is 1. The number of nitrogens with zero attached hydrogens (tertiary/aromatic N) is 1. The van der Waals surface area contributed by atoms with Crippen LogP contribution in [0.3, 0.4) is 0 Å². The predicted octanol–water partition coefficient (Wildman–Crippen LogP) is 3.68. The van der Waals surface area contributed by atoms with Gasteiger partial charge in [0.15, 0.2) is 0 Å². The monoisotopic (exact) mass is 408 g/mol. The SMILES string of the molecule is N#C/C(=C/c1ccc(O)c(I)c1)C(=O)Nc1ccccc1F. The summed E-state index contributed by atoms with van der Waals surface area (Å²) in [6, 6.07) is 12.2. The first-order chi connectivity index (χ1) is 10.5. The van der Waals surface area contributed by atoms with Gasteiger partial charge in [-0.25, -0.2) is 4.39 Å². The molecule has 0 heterocycles. The molecule has 0 atom stereocenters. The van der Waals surface area contributed by atoms with E-state index in [1.165, 1.54) is 30.3 Å². The summed E-state index contributed by atoms with van der Waals surface area (Å²) < 4.78 is 14.1. The summed E-state index contributed by atoms with van der Waals surface area (Å²) >= 11 is 1.94. The number of anilines is 1. The van der Waals surface area contributed by atoms with Crippen molar-refractivity contribution in [1.82, 2.24) is 0 Å². The molecule has 0 saturated carbocycles. The summed E-state index contributed by atoms with van der Waals surface area (Å²) in [5.74, 6) is -1.16. The van der Waals surface area contributed by atoms with E-state index in [0.717, 1.165) is 0 Å². The number of hydrogen-bond donors (Lipinski definition) is 2. The minimum atomic E-state index is -0.698. The fraction of sp³-hybridized carbons (Fsp3) is 0.